The Hall–Kier alpha value is -3.09. The average molecular weight is 468 g/mol. The maximum absolute atomic E-state index is 13.2. The van der Waals surface area contributed by atoms with Crippen LogP contribution < -0.4 is 9.64 Å². The number of methoxy groups -OCH3 is 1. The zero-order valence-corrected chi connectivity index (χ0v) is 19.4. The Labute approximate surface area is 195 Å². The van der Waals surface area contributed by atoms with Crippen LogP contribution in [0.2, 0.25) is 5.02 Å². The minimum absolute atomic E-state index is 0.000499. The summed E-state index contributed by atoms with van der Waals surface area (Å²) < 4.78 is 5.24. The molecule has 1 atom stereocenters. The Balaban J connectivity index is 1.90. The Kier molecular flexibility index (Phi) is 6.09. The third kappa shape index (κ3) is 3.80. The summed E-state index contributed by atoms with van der Waals surface area (Å²) in [6.45, 7) is 4.18. The minimum atomic E-state index is -0.762. The van der Waals surface area contributed by atoms with Crippen molar-refractivity contribution in [2.45, 2.75) is 25.8 Å². The van der Waals surface area contributed by atoms with Crippen molar-refractivity contribution in [1.29, 1.82) is 0 Å². The fourth-order valence-electron chi connectivity index (χ4n) is 3.79. The van der Waals surface area contributed by atoms with Crippen LogP contribution >= 0.6 is 22.9 Å². The molecule has 164 valence electrons. The molecule has 32 heavy (non-hydrogen) atoms. The Morgan fingerprint density at radius 3 is 2.44 bits per heavy atom. The molecule has 2 aromatic carbocycles. The van der Waals surface area contributed by atoms with Gasteiger partial charge in [-0.25, -0.2) is 0 Å². The van der Waals surface area contributed by atoms with E-state index in [9.17, 15) is 14.7 Å². The van der Waals surface area contributed by atoms with Gasteiger partial charge in [-0.1, -0.05) is 43.6 Å². The van der Waals surface area contributed by atoms with E-state index in [-0.39, 0.29) is 21.9 Å². The lowest BCUT2D eigenvalue weighted by atomic mass is 9.99. The maximum atomic E-state index is 13.2. The normalized spacial score (nSPS) is 17.9. The van der Waals surface area contributed by atoms with Crippen molar-refractivity contribution in [3.05, 3.63) is 86.6 Å². The van der Waals surface area contributed by atoms with Gasteiger partial charge in [-0.15, -0.1) is 11.3 Å². The summed E-state index contributed by atoms with van der Waals surface area (Å²) in [5, 5.41) is 13.3. The number of ether oxygens (including phenoxy) is 1. The number of rotatable bonds is 5. The van der Waals surface area contributed by atoms with Gasteiger partial charge in [-0.05, 0) is 53.3 Å². The van der Waals surface area contributed by atoms with Crippen molar-refractivity contribution in [2.75, 3.05) is 12.0 Å². The Bertz CT molecular complexity index is 1200. The summed E-state index contributed by atoms with van der Waals surface area (Å²) in [5.74, 6) is -0.967. The molecule has 0 aliphatic carbocycles. The molecule has 0 radical (unpaired) electrons. The van der Waals surface area contributed by atoms with Crippen LogP contribution in [-0.2, 0) is 9.59 Å². The molecule has 1 amide bonds. The lowest BCUT2D eigenvalue weighted by molar-refractivity contribution is -0.132. The van der Waals surface area contributed by atoms with Crippen LogP contribution in [0.5, 0.6) is 5.75 Å². The van der Waals surface area contributed by atoms with E-state index in [1.807, 2.05) is 41.8 Å². The molecule has 5 nitrogen and oxygen atoms in total. The molecule has 1 aliphatic heterocycles. The highest BCUT2D eigenvalue weighted by molar-refractivity contribution is 7.10. The van der Waals surface area contributed by atoms with Crippen molar-refractivity contribution in [3.8, 4) is 5.75 Å². The molecule has 0 bridgehead atoms. The molecule has 1 unspecified atom stereocenters. The topological polar surface area (TPSA) is 66.8 Å². The molecular weight excluding hydrogens is 446 g/mol. The van der Waals surface area contributed by atoms with E-state index in [0.717, 1.165) is 10.4 Å². The van der Waals surface area contributed by atoms with Crippen LogP contribution in [0.25, 0.3) is 5.76 Å². The van der Waals surface area contributed by atoms with E-state index in [0.29, 0.717) is 17.4 Å². The summed E-state index contributed by atoms with van der Waals surface area (Å²) in [4.78, 5) is 28.5. The van der Waals surface area contributed by atoms with Gasteiger partial charge in [0.05, 0.1) is 17.7 Å². The zero-order chi connectivity index (χ0) is 23.0. The van der Waals surface area contributed by atoms with Crippen LogP contribution in [-0.4, -0.2) is 23.9 Å². The van der Waals surface area contributed by atoms with Crippen molar-refractivity contribution >= 4 is 46.1 Å². The first-order valence-electron chi connectivity index (χ1n) is 10.1. The number of hydrogen-bond donors (Lipinski definition) is 1. The highest BCUT2D eigenvalue weighted by Crippen LogP contribution is 2.44. The number of halogens is 1. The maximum Gasteiger partial charge on any atom is 0.300 e. The highest BCUT2D eigenvalue weighted by atomic mass is 35.5. The Morgan fingerprint density at radius 1 is 1.12 bits per heavy atom. The second kappa shape index (κ2) is 8.81. The van der Waals surface area contributed by atoms with Crippen molar-refractivity contribution in [3.63, 3.8) is 0 Å². The standard InChI is InChI=1S/C25H22ClNO4S/c1-14(2)15-6-8-16(9-7-15)27-22(20-5-4-12-32-20)21(24(29)25(27)30)23(28)18-13-17(31-3)10-11-19(18)26/h4-14,22,28H,1-3H3/b23-21-. The lowest BCUT2D eigenvalue weighted by Crippen LogP contribution is -2.29. The molecule has 1 fully saturated rings. The van der Waals surface area contributed by atoms with Gasteiger partial charge in [0, 0.05) is 16.1 Å². The zero-order valence-electron chi connectivity index (χ0n) is 17.8. The summed E-state index contributed by atoms with van der Waals surface area (Å²) in [7, 11) is 1.50. The number of carbonyl (C=O) groups is 2. The van der Waals surface area contributed by atoms with Gasteiger partial charge < -0.3 is 9.84 Å². The fraction of sp³-hybridized carbons (Fsp3) is 0.200. The van der Waals surface area contributed by atoms with E-state index in [2.05, 4.69) is 13.8 Å². The van der Waals surface area contributed by atoms with Gasteiger partial charge in [0.15, 0.2) is 0 Å². The lowest BCUT2D eigenvalue weighted by Gasteiger charge is -2.24. The minimum Gasteiger partial charge on any atom is -0.507 e. The second-order valence-electron chi connectivity index (χ2n) is 7.78. The monoisotopic (exact) mass is 467 g/mol. The largest absolute Gasteiger partial charge is 0.507 e. The van der Waals surface area contributed by atoms with Gasteiger partial charge in [-0.3, -0.25) is 14.5 Å². The van der Waals surface area contributed by atoms with Crippen molar-refractivity contribution in [2.24, 2.45) is 0 Å². The van der Waals surface area contributed by atoms with Crippen LogP contribution in [0.3, 0.4) is 0 Å². The number of ketones is 1. The number of thiophene rings is 1. The number of carbonyl (C=O) groups excluding carboxylic acids is 2. The molecule has 0 spiro atoms. The number of benzene rings is 2. The van der Waals surface area contributed by atoms with E-state index in [1.54, 1.807) is 18.2 Å². The van der Waals surface area contributed by atoms with Crippen LogP contribution in [0, 0.1) is 0 Å². The first-order valence-corrected chi connectivity index (χ1v) is 11.4. The van der Waals surface area contributed by atoms with E-state index >= 15 is 0 Å². The number of hydrogen-bond acceptors (Lipinski definition) is 5. The smallest absolute Gasteiger partial charge is 0.300 e. The summed E-state index contributed by atoms with van der Waals surface area (Å²) in [6, 6.07) is 15.3. The van der Waals surface area contributed by atoms with E-state index in [4.69, 9.17) is 16.3 Å². The number of amides is 1. The van der Waals surface area contributed by atoms with Crippen molar-refractivity contribution in [1.82, 2.24) is 0 Å². The second-order valence-corrected chi connectivity index (χ2v) is 9.16. The first kappa shape index (κ1) is 22.1. The van der Waals surface area contributed by atoms with Crippen LogP contribution in [0.4, 0.5) is 5.69 Å². The first-order chi connectivity index (χ1) is 15.3. The molecule has 3 aromatic rings. The van der Waals surface area contributed by atoms with Gasteiger partial charge >= 0.3 is 0 Å². The average Bonchev–Trinajstić information content (AvgIpc) is 3.41. The van der Waals surface area contributed by atoms with Crippen LogP contribution in [0.15, 0.2) is 65.6 Å². The molecule has 1 N–H and O–H groups in total. The van der Waals surface area contributed by atoms with Gasteiger partial charge in [-0.2, -0.15) is 0 Å². The van der Waals surface area contributed by atoms with Gasteiger partial charge in [0.1, 0.15) is 17.6 Å². The fourth-order valence-corrected chi connectivity index (χ4v) is 4.82. The van der Waals surface area contributed by atoms with Gasteiger partial charge in [0.2, 0.25) is 0 Å². The number of nitrogens with zero attached hydrogens (tertiary/aromatic N) is 1. The molecule has 1 aromatic heterocycles. The molecular formula is C25H22ClNO4S. The van der Waals surface area contributed by atoms with Crippen molar-refractivity contribution < 1.29 is 19.4 Å². The number of aliphatic hydroxyl groups is 1. The molecule has 2 heterocycles. The third-order valence-electron chi connectivity index (χ3n) is 5.52. The summed E-state index contributed by atoms with van der Waals surface area (Å²) >= 11 is 7.74. The van der Waals surface area contributed by atoms with E-state index < -0.39 is 17.7 Å². The number of aliphatic hydroxyl groups excluding tert-OH is 1. The highest BCUT2D eigenvalue weighted by Gasteiger charge is 2.47. The predicted molar refractivity (Wildman–Crippen MR) is 128 cm³/mol. The molecule has 7 heteroatoms. The molecule has 0 saturated carbocycles. The summed E-state index contributed by atoms with van der Waals surface area (Å²) in [6.07, 6.45) is 0. The molecule has 1 saturated heterocycles. The van der Waals surface area contributed by atoms with Gasteiger partial charge in [0.25, 0.3) is 11.7 Å². The molecule has 4 rings (SSSR count). The summed E-state index contributed by atoms with van der Waals surface area (Å²) in [5.41, 5.74) is 1.95. The van der Waals surface area contributed by atoms with Crippen LogP contribution in [0.1, 0.15) is 41.8 Å². The number of Topliss-reactive ketones (excluding diaryl/α,β-unsaturated/α-hetero) is 1. The molecule has 1 aliphatic rings. The third-order valence-corrected chi connectivity index (χ3v) is 6.78. The predicted octanol–water partition coefficient (Wildman–Crippen LogP) is 6.16. The quantitative estimate of drug-likeness (QED) is 0.277. The number of anilines is 1. The van der Waals surface area contributed by atoms with E-state index in [1.165, 1.54) is 23.3 Å². The Morgan fingerprint density at radius 2 is 1.84 bits per heavy atom. The SMILES string of the molecule is COc1ccc(Cl)c(/C(O)=C2/C(=O)C(=O)N(c3ccc(C(C)C)cc3)C2c2cccs2)c1.